The summed E-state index contributed by atoms with van der Waals surface area (Å²) in [4.78, 5) is 27.1. The SMILES string of the molecule is COC(=O)c1cn2c(=O)[nH]nc2c(NC(C)C)n1. The van der Waals surface area contributed by atoms with Crippen LogP contribution in [-0.2, 0) is 4.74 Å². The zero-order valence-electron chi connectivity index (χ0n) is 10.2. The number of carbonyl (C=O) groups is 1. The highest BCUT2D eigenvalue weighted by atomic mass is 16.5. The van der Waals surface area contributed by atoms with E-state index in [-0.39, 0.29) is 11.7 Å². The number of H-pyrrole nitrogens is 1. The Hall–Kier alpha value is -2.38. The van der Waals surface area contributed by atoms with E-state index >= 15 is 0 Å². The van der Waals surface area contributed by atoms with Crippen molar-refractivity contribution in [2.75, 3.05) is 12.4 Å². The van der Waals surface area contributed by atoms with Gasteiger partial charge in [0.15, 0.2) is 11.5 Å². The predicted molar refractivity (Wildman–Crippen MR) is 63.7 cm³/mol. The Morgan fingerprint density at radius 1 is 1.56 bits per heavy atom. The molecule has 2 heterocycles. The van der Waals surface area contributed by atoms with Crippen LogP contribution in [-0.4, -0.2) is 38.7 Å². The normalized spacial score (nSPS) is 10.9. The third-order valence-electron chi connectivity index (χ3n) is 2.22. The number of carbonyl (C=O) groups excluding carboxylic acids is 1. The van der Waals surface area contributed by atoms with E-state index in [1.807, 2.05) is 13.8 Å². The van der Waals surface area contributed by atoms with Crippen LogP contribution >= 0.6 is 0 Å². The molecule has 0 fully saturated rings. The molecule has 2 N–H and O–H groups in total. The van der Waals surface area contributed by atoms with Crippen LogP contribution in [0, 0.1) is 0 Å². The number of methoxy groups -OCH3 is 1. The number of ether oxygens (including phenoxy) is 1. The number of aromatic nitrogens is 4. The van der Waals surface area contributed by atoms with Crippen LogP contribution in [0.15, 0.2) is 11.0 Å². The summed E-state index contributed by atoms with van der Waals surface area (Å²) >= 11 is 0. The lowest BCUT2D eigenvalue weighted by Gasteiger charge is -2.10. The van der Waals surface area contributed by atoms with Crippen molar-refractivity contribution in [2.45, 2.75) is 19.9 Å². The summed E-state index contributed by atoms with van der Waals surface area (Å²) in [6.07, 6.45) is 1.29. The number of nitrogens with zero attached hydrogens (tertiary/aromatic N) is 3. The van der Waals surface area contributed by atoms with Crippen molar-refractivity contribution in [2.24, 2.45) is 0 Å². The summed E-state index contributed by atoms with van der Waals surface area (Å²) in [6.45, 7) is 3.82. The second-order valence-electron chi connectivity index (χ2n) is 3.99. The van der Waals surface area contributed by atoms with Crippen LogP contribution in [0.2, 0.25) is 0 Å². The van der Waals surface area contributed by atoms with Gasteiger partial charge in [-0.25, -0.2) is 24.1 Å². The van der Waals surface area contributed by atoms with E-state index in [1.165, 1.54) is 17.7 Å². The largest absolute Gasteiger partial charge is 0.464 e. The Kier molecular flexibility index (Phi) is 3.00. The van der Waals surface area contributed by atoms with E-state index in [4.69, 9.17) is 0 Å². The minimum absolute atomic E-state index is 0.0386. The Bertz CT molecular complexity index is 642. The summed E-state index contributed by atoms with van der Waals surface area (Å²) in [5.74, 6) is -0.261. The second kappa shape index (κ2) is 4.47. The van der Waals surface area contributed by atoms with Gasteiger partial charge in [0.2, 0.25) is 5.65 Å². The third kappa shape index (κ3) is 2.04. The first-order valence-corrected chi connectivity index (χ1v) is 5.35. The maximum absolute atomic E-state index is 11.5. The molecule has 2 aromatic rings. The molecule has 0 saturated heterocycles. The molecule has 8 nitrogen and oxygen atoms in total. The first-order chi connectivity index (χ1) is 8.52. The lowest BCUT2D eigenvalue weighted by atomic mass is 10.4. The molecular formula is C10H13N5O3. The van der Waals surface area contributed by atoms with Gasteiger partial charge in [-0.15, -0.1) is 5.10 Å². The third-order valence-corrected chi connectivity index (χ3v) is 2.22. The van der Waals surface area contributed by atoms with Crippen molar-refractivity contribution < 1.29 is 9.53 Å². The molecule has 8 heteroatoms. The van der Waals surface area contributed by atoms with Gasteiger partial charge in [-0.05, 0) is 13.8 Å². The fourth-order valence-corrected chi connectivity index (χ4v) is 1.49. The highest BCUT2D eigenvalue weighted by Gasteiger charge is 2.15. The van der Waals surface area contributed by atoms with Gasteiger partial charge in [-0.1, -0.05) is 0 Å². The highest BCUT2D eigenvalue weighted by Crippen LogP contribution is 2.12. The maximum Gasteiger partial charge on any atom is 0.358 e. The fourth-order valence-electron chi connectivity index (χ4n) is 1.49. The predicted octanol–water partition coefficient (Wildman–Crippen LogP) is 0.0245. The van der Waals surface area contributed by atoms with Gasteiger partial charge < -0.3 is 10.1 Å². The van der Waals surface area contributed by atoms with Crippen LogP contribution in [0.3, 0.4) is 0 Å². The van der Waals surface area contributed by atoms with E-state index in [2.05, 4.69) is 25.2 Å². The minimum atomic E-state index is -0.614. The second-order valence-corrected chi connectivity index (χ2v) is 3.99. The highest BCUT2D eigenvalue weighted by molar-refractivity contribution is 5.88. The lowest BCUT2D eigenvalue weighted by molar-refractivity contribution is 0.0593. The first kappa shape index (κ1) is 12.1. The van der Waals surface area contributed by atoms with E-state index in [0.717, 1.165) is 0 Å². The van der Waals surface area contributed by atoms with Crippen molar-refractivity contribution in [3.05, 3.63) is 22.4 Å². The molecular weight excluding hydrogens is 238 g/mol. The first-order valence-electron chi connectivity index (χ1n) is 5.35. The Morgan fingerprint density at radius 2 is 2.28 bits per heavy atom. The van der Waals surface area contributed by atoms with Gasteiger partial charge in [0, 0.05) is 12.2 Å². The standard InChI is InChI=1S/C10H13N5O3/c1-5(2)11-7-8-13-14-10(17)15(8)4-6(12-7)9(16)18-3/h4-5H,1-3H3,(H,11,12)(H,14,17). The van der Waals surface area contributed by atoms with Gasteiger partial charge in [0.1, 0.15) is 0 Å². The van der Waals surface area contributed by atoms with Crippen LogP contribution in [0.5, 0.6) is 0 Å². The van der Waals surface area contributed by atoms with Crippen molar-refractivity contribution in [3.8, 4) is 0 Å². The van der Waals surface area contributed by atoms with Crippen molar-refractivity contribution in [1.82, 2.24) is 19.6 Å². The number of nitrogens with one attached hydrogen (secondary N) is 2. The molecule has 0 unspecified atom stereocenters. The van der Waals surface area contributed by atoms with Gasteiger partial charge in [-0.2, -0.15) is 0 Å². The van der Waals surface area contributed by atoms with Gasteiger partial charge in [0.25, 0.3) is 0 Å². The van der Waals surface area contributed by atoms with E-state index < -0.39 is 11.7 Å². The quantitative estimate of drug-likeness (QED) is 0.746. The molecule has 0 radical (unpaired) electrons. The fraction of sp³-hybridized carbons (Fsp3) is 0.400. The van der Waals surface area contributed by atoms with Crippen molar-refractivity contribution in [3.63, 3.8) is 0 Å². The molecule has 0 bridgehead atoms. The number of aromatic amines is 1. The molecule has 0 atom stereocenters. The maximum atomic E-state index is 11.5. The molecule has 0 saturated carbocycles. The summed E-state index contributed by atoms with van der Waals surface area (Å²) in [6, 6.07) is 0.0843. The van der Waals surface area contributed by atoms with Crippen LogP contribution < -0.4 is 11.0 Å². The molecule has 96 valence electrons. The minimum Gasteiger partial charge on any atom is -0.464 e. The Morgan fingerprint density at radius 3 is 2.89 bits per heavy atom. The number of hydrogen-bond donors (Lipinski definition) is 2. The zero-order chi connectivity index (χ0) is 13.3. The van der Waals surface area contributed by atoms with Gasteiger partial charge in [-0.3, -0.25) is 0 Å². The van der Waals surface area contributed by atoms with Crippen LogP contribution in [0.4, 0.5) is 5.82 Å². The number of rotatable bonds is 3. The molecule has 0 aliphatic rings. The van der Waals surface area contributed by atoms with Gasteiger partial charge >= 0.3 is 11.7 Å². The number of esters is 1. The Labute approximate surface area is 102 Å². The average molecular weight is 251 g/mol. The zero-order valence-corrected chi connectivity index (χ0v) is 10.2. The molecule has 0 amide bonds. The number of hydrogen-bond acceptors (Lipinski definition) is 6. The van der Waals surface area contributed by atoms with Crippen molar-refractivity contribution in [1.29, 1.82) is 0 Å². The molecule has 0 spiro atoms. The summed E-state index contributed by atoms with van der Waals surface area (Å²) < 4.78 is 5.80. The van der Waals surface area contributed by atoms with E-state index in [0.29, 0.717) is 11.5 Å². The summed E-state index contributed by atoms with van der Waals surface area (Å²) in [5, 5.41) is 9.16. The summed E-state index contributed by atoms with van der Waals surface area (Å²) in [5.41, 5.74) is -0.0673. The Balaban J connectivity index is 2.66. The van der Waals surface area contributed by atoms with E-state index in [9.17, 15) is 9.59 Å². The van der Waals surface area contributed by atoms with Gasteiger partial charge in [0.05, 0.1) is 7.11 Å². The lowest BCUT2D eigenvalue weighted by Crippen LogP contribution is -2.18. The van der Waals surface area contributed by atoms with Crippen molar-refractivity contribution >= 4 is 17.4 Å². The molecule has 18 heavy (non-hydrogen) atoms. The number of anilines is 1. The molecule has 2 aromatic heterocycles. The molecule has 0 aromatic carbocycles. The van der Waals surface area contributed by atoms with Crippen LogP contribution in [0.25, 0.3) is 5.65 Å². The topological polar surface area (TPSA) is 101 Å². The number of fused-ring (bicyclic) bond motifs is 1. The van der Waals surface area contributed by atoms with Crippen LogP contribution in [0.1, 0.15) is 24.3 Å². The molecule has 0 aliphatic heterocycles. The summed E-state index contributed by atoms with van der Waals surface area (Å²) in [7, 11) is 1.25. The van der Waals surface area contributed by atoms with E-state index in [1.54, 1.807) is 0 Å². The molecule has 2 rings (SSSR count). The average Bonchev–Trinajstić information content (AvgIpc) is 2.70. The smallest absolute Gasteiger partial charge is 0.358 e. The molecule has 0 aliphatic carbocycles. The monoisotopic (exact) mass is 251 g/mol.